The van der Waals surface area contributed by atoms with Crippen LogP contribution in [0.5, 0.6) is 0 Å². The summed E-state index contributed by atoms with van der Waals surface area (Å²) in [4.78, 5) is 30.2. The molecule has 1 amide bonds. The van der Waals surface area contributed by atoms with Crippen LogP contribution < -0.4 is 0 Å². The molecule has 0 radical (unpaired) electrons. The highest BCUT2D eigenvalue weighted by molar-refractivity contribution is 8.18. The predicted molar refractivity (Wildman–Crippen MR) is 113 cm³/mol. The molecule has 2 heterocycles. The monoisotopic (exact) mass is 404 g/mol. The third-order valence-electron chi connectivity index (χ3n) is 4.28. The van der Waals surface area contributed by atoms with E-state index in [4.69, 9.17) is 9.52 Å². The topological polar surface area (TPSA) is 83.1 Å². The van der Waals surface area contributed by atoms with Crippen molar-refractivity contribution in [3.05, 3.63) is 83.0 Å². The number of carbonyl (C=O) groups is 2. The lowest BCUT2D eigenvalue weighted by Crippen LogP contribution is -2.23. The molecule has 144 valence electrons. The largest absolute Gasteiger partial charge is 0.478 e. The fourth-order valence-electron chi connectivity index (χ4n) is 2.78. The SMILES string of the molecule is CN1C(=O)/C(=C\c2ccc(-c3cccc(C(=O)O)c3)o2)SC1=Nc1ccccc1. The number of nitrogens with zero attached hydrogens (tertiary/aromatic N) is 2. The molecule has 7 heteroatoms. The van der Waals surface area contributed by atoms with Gasteiger partial charge in [-0.25, -0.2) is 9.79 Å². The lowest BCUT2D eigenvalue weighted by Gasteiger charge is -2.06. The van der Waals surface area contributed by atoms with E-state index in [-0.39, 0.29) is 11.5 Å². The van der Waals surface area contributed by atoms with Crippen molar-refractivity contribution < 1.29 is 19.1 Å². The van der Waals surface area contributed by atoms with Gasteiger partial charge in [0.15, 0.2) is 5.17 Å². The summed E-state index contributed by atoms with van der Waals surface area (Å²) in [6.45, 7) is 0. The number of amides is 1. The molecule has 6 nitrogen and oxygen atoms in total. The van der Waals surface area contributed by atoms with Crippen LogP contribution in [-0.4, -0.2) is 34.1 Å². The second kappa shape index (κ2) is 7.81. The second-order valence-corrected chi connectivity index (χ2v) is 7.30. The molecule has 0 saturated carbocycles. The van der Waals surface area contributed by atoms with E-state index in [0.29, 0.717) is 27.2 Å². The molecular weight excluding hydrogens is 388 g/mol. The number of carboxylic acids is 1. The van der Waals surface area contributed by atoms with Crippen molar-refractivity contribution >= 4 is 40.6 Å². The number of hydrogen-bond acceptors (Lipinski definition) is 5. The molecule has 0 bridgehead atoms. The van der Waals surface area contributed by atoms with Crippen molar-refractivity contribution in [2.45, 2.75) is 0 Å². The molecule has 0 aliphatic carbocycles. The number of amidine groups is 1. The summed E-state index contributed by atoms with van der Waals surface area (Å²) in [6, 6.07) is 19.4. The Morgan fingerprint density at radius 1 is 1.10 bits per heavy atom. The van der Waals surface area contributed by atoms with Gasteiger partial charge >= 0.3 is 5.97 Å². The Hall–Kier alpha value is -3.58. The van der Waals surface area contributed by atoms with E-state index in [1.165, 1.54) is 22.7 Å². The number of para-hydroxylation sites is 1. The smallest absolute Gasteiger partial charge is 0.335 e. The summed E-state index contributed by atoms with van der Waals surface area (Å²) in [7, 11) is 1.68. The Morgan fingerprint density at radius 3 is 2.66 bits per heavy atom. The quantitative estimate of drug-likeness (QED) is 0.627. The lowest BCUT2D eigenvalue weighted by atomic mass is 10.1. The van der Waals surface area contributed by atoms with Crippen LogP contribution in [0.2, 0.25) is 0 Å². The molecule has 0 spiro atoms. The van der Waals surface area contributed by atoms with Crippen molar-refractivity contribution in [2.75, 3.05) is 7.05 Å². The fourth-order valence-corrected chi connectivity index (χ4v) is 3.75. The van der Waals surface area contributed by atoms with Gasteiger partial charge in [0.25, 0.3) is 5.91 Å². The summed E-state index contributed by atoms with van der Waals surface area (Å²) >= 11 is 1.28. The Labute approximate surface area is 171 Å². The first-order valence-corrected chi connectivity index (χ1v) is 9.58. The summed E-state index contributed by atoms with van der Waals surface area (Å²) in [5.74, 6) is -0.120. The third-order valence-corrected chi connectivity index (χ3v) is 5.34. The standard InChI is InChI=1S/C22H16N2O4S/c1-24-20(25)19(29-22(24)23-16-8-3-2-4-9-16)13-17-10-11-18(28-17)14-6-5-7-15(12-14)21(26)27/h2-13H,1H3,(H,26,27)/b19-13+,23-22?. The number of thioether (sulfide) groups is 1. The van der Waals surface area contributed by atoms with Gasteiger partial charge < -0.3 is 9.52 Å². The first-order chi connectivity index (χ1) is 14.0. The van der Waals surface area contributed by atoms with Crippen LogP contribution >= 0.6 is 11.8 Å². The third kappa shape index (κ3) is 4.00. The highest BCUT2D eigenvalue weighted by Crippen LogP contribution is 2.34. The molecule has 0 atom stereocenters. The first kappa shape index (κ1) is 18.8. The lowest BCUT2D eigenvalue weighted by molar-refractivity contribution is -0.121. The first-order valence-electron chi connectivity index (χ1n) is 8.76. The van der Waals surface area contributed by atoms with Crippen LogP contribution in [0.1, 0.15) is 16.1 Å². The molecule has 1 aromatic heterocycles. The summed E-state index contributed by atoms with van der Waals surface area (Å²) in [5, 5.41) is 9.73. The van der Waals surface area contributed by atoms with Gasteiger partial charge in [-0.2, -0.15) is 0 Å². The van der Waals surface area contributed by atoms with E-state index in [1.54, 1.807) is 43.5 Å². The molecule has 1 aliphatic heterocycles. The number of benzene rings is 2. The minimum Gasteiger partial charge on any atom is -0.478 e. The number of carbonyl (C=O) groups excluding carboxylic acids is 1. The highest BCUT2D eigenvalue weighted by atomic mass is 32.2. The molecule has 1 aliphatic rings. The van der Waals surface area contributed by atoms with Gasteiger partial charge in [-0.3, -0.25) is 9.69 Å². The van der Waals surface area contributed by atoms with Crippen LogP contribution in [-0.2, 0) is 4.79 Å². The minimum absolute atomic E-state index is 0.157. The summed E-state index contributed by atoms with van der Waals surface area (Å²) in [6.07, 6.45) is 1.67. The van der Waals surface area contributed by atoms with Crippen molar-refractivity contribution in [2.24, 2.45) is 4.99 Å². The van der Waals surface area contributed by atoms with Gasteiger partial charge in [-0.1, -0.05) is 30.3 Å². The number of carboxylic acid groups (broad SMARTS) is 1. The minimum atomic E-state index is -0.998. The van der Waals surface area contributed by atoms with Crippen LogP contribution in [0.15, 0.2) is 81.0 Å². The summed E-state index contributed by atoms with van der Waals surface area (Å²) < 4.78 is 5.81. The maximum absolute atomic E-state index is 12.6. The van der Waals surface area contributed by atoms with Crippen molar-refractivity contribution in [1.29, 1.82) is 0 Å². The van der Waals surface area contributed by atoms with E-state index in [0.717, 1.165) is 5.69 Å². The van der Waals surface area contributed by atoms with Crippen molar-refractivity contribution in [3.63, 3.8) is 0 Å². The van der Waals surface area contributed by atoms with Gasteiger partial charge in [0, 0.05) is 18.7 Å². The van der Waals surface area contributed by atoms with E-state index >= 15 is 0 Å². The average Bonchev–Trinajstić information content (AvgIpc) is 3.30. The molecule has 1 saturated heterocycles. The van der Waals surface area contributed by atoms with Gasteiger partial charge in [0.1, 0.15) is 11.5 Å². The summed E-state index contributed by atoms with van der Waals surface area (Å²) in [5.41, 5.74) is 1.61. The number of likely N-dealkylation sites (N-methyl/N-ethyl adjacent to an activating group) is 1. The van der Waals surface area contributed by atoms with Gasteiger partial charge in [-0.15, -0.1) is 0 Å². The van der Waals surface area contributed by atoms with Crippen molar-refractivity contribution in [1.82, 2.24) is 4.90 Å². The van der Waals surface area contributed by atoms with Gasteiger partial charge in [0.05, 0.1) is 16.2 Å². The Morgan fingerprint density at radius 2 is 1.90 bits per heavy atom. The van der Waals surface area contributed by atoms with Crippen LogP contribution in [0.3, 0.4) is 0 Å². The van der Waals surface area contributed by atoms with Crippen molar-refractivity contribution in [3.8, 4) is 11.3 Å². The number of rotatable bonds is 4. The normalized spacial score (nSPS) is 16.7. The Bertz CT molecular complexity index is 1150. The molecule has 1 N–H and O–H groups in total. The van der Waals surface area contributed by atoms with E-state index in [9.17, 15) is 9.59 Å². The van der Waals surface area contributed by atoms with E-state index in [2.05, 4.69) is 4.99 Å². The van der Waals surface area contributed by atoms with Gasteiger partial charge in [0.2, 0.25) is 0 Å². The average molecular weight is 404 g/mol. The predicted octanol–water partition coefficient (Wildman–Crippen LogP) is 4.88. The molecule has 4 rings (SSSR count). The zero-order valence-corrected chi connectivity index (χ0v) is 16.2. The van der Waals surface area contributed by atoms with Crippen LogP contribution in [0.25, 0.3) is 17.4 Å². The number of aliphatic imine (C=N–C) groups is 1. The van der Waals surface area contributed by atoms with Crippen LogP contribution in [0, 0.1) is 0 Å². The molecular formula is C22H16N2O4S. The second-order valence-electron chi connectivity index (χ2n) is 6.29. The highest BCUT2D eigenvalue weighted by Gasteiger charge is 2.30. The fraction of sp³-hybridized carbons (Fsp3) is 0.0455. The maximum Gasteiger partial charge on any atom is 0.335 e. The Balaban J connectivity index is 1.59. The van der Waals surface area contributed by atoms with Crippen LogP contribution in [0.4, 0.5) is 5.69 Å². The van der Waals surface area contributed by atoms with E-state index < -0.39 is 5.97 Å². The molecule has 0 unspecified atom stereocenters. The molecule has 2 aromatic carbocycles. The number of hydrogen-bond donors (Lipinski definition) is 1. The number of furan rings is 1. The maximum atomic E-state index is 12.6. The molecule has 29 heavy (non-hydrogen) atoms. The molecule has 1 fully saturated rings. The zero-order valence-electron chi connectivity index (χ0n) is 15.4. The van der Waals surface area contributed by atoms with Gasteiger partial charge in [-0.05, 0) is 48.2 Å². The number of aromatic carboxylic acids is 1. The zero-order chi connectivity index (χ0) is 20.4. The Kier molecular flexibility index (Phi) is 5.05. The van der Waals surface area contributed by atoms with E-state index in [1.807, 2.05) is 30.3 Å². The molecule has 3 aromatic rings.